The van der Waals surface area contributed by atoms with Crippen LogP contribution in [0.25, 0.3) is 0 Å². The molecule has 2 aliphatic heterocycles. The molecule has 7 heteroatoms. The zero-order valence-electron chi connectivity index (χ0n) is 15.7. The Morgan fingerprint density at radius 2 is 1.96 bits per heavy atom. The number of anilines is 3. The molecule has 27 heavy (non-hydrogen) atoms. The van der Waals surface area contributed by atoms with Crippen molar-refractivity contribution in [1.82, 2.24) is 9.97 Å². The Balaban J connectivity index is 1.82. The predicted molar refractivity (Wildman–Crippen MR) is 106 cm³/mol. The molecule has 2 aromatic rings. The summed E-state index contributed by atoms with van der Waals surface area (Å²) >= 11 is 0. The molecule has 1 saturated heterocycles. The molecule has 3 heterocycles. The molecule has 1 fully saturated rings. The van der Waals surface area contributed by atoms with Crippen LogP contribution in [0.5, 0.6) is 0 Å². The number of hydrogen-bond donors (Lipinski definition) is 0. The van der Waals surface area contributed by atoms with E-state index >= 15 is 0 Å². The number of para-hydroxylation sites is 1. The number of aromatic nitrogens is 2. The van der Waals surface area contributed by atoms with Crippen LogP contribution in [0.1, 0.15) is 44.6 Å². The Labute approximate surface area is 159 Å². The van der Waals surface area contributed by atoms with Gasteiger partial charge in [-0.1, -0.05) is 25.1 Å². The van der Waals surface area contributed by atoms with E-state index in [0.29, 0.717) is 17.7 Å². The van der Waals surface area contributed by atoms with Crippen molar-refractivity contribution >= 4 is 23.0 Å². The number of nitrogens with zero attached hydrogens (tertiary/aromatic N) is 5. The number of benzene rings is 1. The van der Waals surface area contributed by atoms with Crippen LogP contribution in [0.15, 0.2) is 30.6 Å². The van der Waals surface area contributed by atoms with Crippen LogP contribution < -0.4 is 9.80 Å². The first-order valence-electron chi connectivity index (χ1n) is 9.82. The summed E-state index contributed by atoms with van der Waals surface area (Å²) in [5.41, 5.74) is 2.26. The van der Waals surface area contributed by atoms with Gasteiger partial charge < -0.3 is 9.80 Å². The minimum Gasteiger partial charge on any atom is -0.348 e. The fraction of sp³-hybridized carbons (Fsp3) is 0.500. The molecular weight excluding hydrogens is 342 g/mol. The van der Waals surface area contributed by atoms with Crippen LogP contribution in [0.3, 0.4) is 0 Å². The molecule has 0 bridgehead atoms. The van der Waals surface area contributed by atoms with E-state index < -0.39 is 0 Å². The topological polar surface area (TPSA) is 75.4 Å². The standard InChI is InChI=1S/C20H25N5O2/c1-2-16-10-5-6-12-23(16)19-18(25(26)27)20(22-14-21-19)24-13-7-9-15-8-3-4-11-17(15)24/h3-4,8,11,14,16H,2,5-7,9-10,12-13H2,1H3. The van der Waals surface area contributed by atoms with E-state index in [4.69, 9.17) is 0 Å². The van der Waals surface area contributed by atoms with Crippen LogP contribution >= 0.6 is 0 Å². The molecular formula is C20H25N5O2. The van der Waals surface area contributed by atoms with Gasteiger partial charge in [-0.3, -0.25) is 10.1 Å². The molecule has 1 aromatic heterocycles. The summed E-state index contributed by atoms with van der Waals surface area (Å²) in [6, 6.07) is 8.40. The predicted octanol–water partition coefficient (Wildman–Crippen LogP) is 4.24. The Kier molecular flexibility index (Phi) is 4.92. The second-order valence-electron chi connectivity index (χ2n) is 7.26. The Hall–Kier alpha value is -2.70. The van der Waals surface area contributed by atoms with E-state index in [1.807, 2.05) is 23.1 Å². The number of piperidine rings is 1. The maximum atomic E-state index is 12.1. The second-order valence-corrected chi connectivity index (χ2v) is 7.26. The lowest BCUT2D eigenvalue weighted by atomic mass is 9.99. The van der Waals surface area contributed by atoms with Gasteiger partial charge in [-0.05, 0) is 50.2 Å². The first kappa shape index (κ1) is 17.7. The van der Waals surface area contributed by atoms with E-state index in [1.54, 1.807) is 0 Å². The maximum absolute atomic E-state index is 12.1. The highest BCUT2D eigenvalue weighted by atomic mass is 16.6. The highest BCUT2D eigenvalue weighted by Crippen LogP contribution is 2.41. The van der Waals surface area contributed by atoms with Crippen molar-refractivity contribution in [3.63, 3.8) is 0 Å². The summed E-state index contributed by atoms with van der Waals surface area (Å²) in [6.45, 7) is 3.68. The van der Waals surface area contributed by atoms with Crippen molar-refractivity contribution in [3.8, 4) is 0 Å². The largest absolute Gasteiger partial charge is 0.354 e. The third-order valence-electron chi connectivity index (χ3n) is 5.70. The van der Waals surface area contributed by atoms with Crippen LogP contribution in [0.2, 0.25) is 0 Å². The van der Waals surface area contributed by atoms with Gasteiger partial charge in [0.1, 0.15) is 6.33 Å². The third kappa shape index (κ3) is 3.22. The van der Waals surface area contributed by atoms with E-state index in [9.17, 15) is 10.1 Å². The zero-order chi connectivity index (χ0) is 18.8. The number of rotatable bonds is 4. The summed E-state index contributed by atoms with van der Waals surface area (Å²) in [4.78, 5) is 24.7. The van der Waals surface area contributed by atoms with Gasteiger partial charge in [0.2, 0.25) is 11.6 Å². The molecule has 0 radical (unpaired) electrons. The summed E-state index contributed by atoms with van der Waals surface area (Å²) < 4.78 is 0. The Morgan fingerprint density at radius 1 is 1.15 bits per heavy atom. The fourth-order valence-electron chi connectivity index (χ4n) is 4.39. The molecule has 2 aliphatic rings. The van der Waals surface area contributed by atoms with Gasteiger partial charge in [0.05, 0.1) is 4.92 Å². The maximum Gasteiger partial charge on any atom is 0.354 e. The molecule has 4 rings (SSSR count). The molecule has 0 saturated carbocycles. The molecule has 0 aliphatic carbocycles. The van der Waals surface area contributed by atoms with Gasteiger partial charge in [0.15, 0.2) is 0 Å². The van der Waals surface area contributed by atoms with Gasteiger partial charge in [0.25, 0.3) is 0 Å². The van der Waals surface area contributed by atoms with Crippen molar-refractivity contribution in [2.24, 2.45) is 0 Å². The fourth-order valence-corrected chi connectivity index (χ4v) is 4.39. The number of aryl methyl sites for hydroxylation is 1. The number of fused-ring (bicyclic) bond motifs is 1. The summed E-state index contributed by atoms with van der Waals surface area (Å²) in [7, 11) is 0. The molecule has 1 unspecified atom stereocenters. The molecule has 1 atom stereocenters. The number of nitro groups is 1. The lowest BCUT2D eigenvalue weighted by molar-refractivity contribution is -0.383. The van der Waals surface area contributed by atoms with Crippen molar-refractivity contribution in [3.05, 3.63) is 46.3 Å². The van der Waals surface area contributed by atoms with Gasteiger partial charge >= 0.3 is 5.69 Å². The van der Waals surface area contributed by atoms with Crippen LogP contribution in [-0.2, 0) is 6.42 Å². The average Bonchev–Trinajstić information content (AvgIpc) is 2.72. The first-order valence-corrected chi connectivity index (χ1v) is 9.82. The van der Waals surface area contributed by atoms with Crippen molar-refractivity contribution < 1.29 is 4.92 Å². The minimum absolute atomic E-state index is 0.0366. The van der Waals surface area contributed by atoms with Crippen LogP contribution in [0.4, 0.5) is 23.0 Å². The van der Waals surface area contributed by atoms with Crippen molar-refractivity contribution in [1.29, 1.82) is 0 Å². The zero-order valence-corrected chi connectivity index (χ0v) is 15.7. The Bertz CT molecular complexity index is 841. The van der Waals surface area contributed by atoms with Gasteiger partial charge in [-0.2, -0.15) is 0 Å². The molecule has 142 valence electrons. The Morgan fingerprint density at radius 3 is 2.78 bits per heavy atom. The summed E-state index contributed by atoms with van der Waals surface area (Å²) in [6.07, 6.45) is 7.65. The lowest BCUT2D eigenvalue weighted by Gasteiger charge is -2.36. The molecule has 0 N–H and O–H groups in total. The van der Waals surface area contributed by atoms with Crippen molar-refractivity contribution in [2.45, 2.75) is 51.5 Å². The van der Waals surface area contributed by atoms with Crippen molar-refractivity contribution in [2.75, 3.05) is 22.9 Å². The summed E-state index contributed by atoms with van der Waals surface area (Å²) in [5.74, 6) is 0.886. The lowest BCUT2D eigenvalue weighted by Crippen LogP contribution is -2.40. The SMILES string of the molecule is CCC1CCCCN1c1ncnc(N2CCCc3ccccc32)c1[N+](=O)[O-]. The first-order chi connectivity index (χ1) is 13.2. The van der Waals surface area contributed by atoms with Gasteiger partial charge in [0, 0.05) is 24.8 Å². The quantitative estimate of drug-likeness (QED) is 0.594. The highest BCUT2D eigenvalue weighted by Gasteiger charge is 2.34. The van der Waals surface area contributed by atoms with E-state index in [-0.39, 0.29) is 10.6 Å². The van der Waals surface area contributed by atoms with E-state index in [2.05, 4.69) is 27.9 Å². The summed E-state index contributed by atoms with van der Waals surface area (Å²) in [5, 5.41) is 12.1. The molecule has 0 amide bonds. The number of hydrogen-bond acceptors (Lipinski definition) is 6. The van der Waals surface area contributed by atoms with Crippen LogP contribution in [0, 0.1) is 10.1 Å². The molecule has 1 aromatic carbocycles. The van der Waals surface area contributed by atoms with E-state index in [1.165, 1.54) is 18.3 Å². The van der Waals surface area contributed by atoms with Gasteiger partial charge in [-0.15, -0.1) is 0 Å². The highest BCUT2D eigenvalue weighted by molar-refractivity contribution is 5.78. The van der Waals surface area contributed by atoms with E-state index in [0.717, 1.165) is 50.9 Å². The third-order valence-corrected chi connectivity index (χ3v) is 5.70. The normalized spacial score (nSPS) is 19.7. The van der Waals surface area contributed by atoms with Gasteiger partial charge in [-0.25, -0.2) is 9.97 Å². The smallest absolute Gasteiger partial charge is 0.348 e. The molecule has 0 spiro atoms. The van der Waals surface area contributed by atoms with Crippen LogP contribution in [-0.4, -0.2) is 34.0 Å². The second kappa shape index (κ2) is 7.50. The minimum atomic E-state index is -0.302. The average molecular weight is 367 g/mol. The molecule has 7 nitrogen and oxygen atoms in total. The monoisotopic (exact) mass is 367 g/mol.